The highest BCUT2D eigenvalue weighted by Crippen LogP contribution is 2.41. The van der Waals surface area contributed by atoms with E-state index in [1.807, 2.05) is 19.1 Å². The van der Waals surface area contributed by atoms with Gasteiger partial charge >= 0.3 is 0 Å². The third-order valence-electron chi connectivity index (χ3n) is 3.73. The van der Waals surface area contributed by atoms with Gasteiger partial charge in [-0.2, -0.15) is 0 Å². The molecule has 20 heavy (non-hydrogen) atoms. The van der Waals surface area contributed by atoms with E-state index in [9.17, 15) is 4.39 Å². The van der Waals surface area contributed by atoms with Gasteiger partial charge in [0.15, 0.2) is 5.96 Å². The van der Waals surface area contributed by atoms with Crippen LogP contribution in [0.15, 0.2) is 29.3 Å². The van der Waals surface area contributed by atoms with Crippen molar-refractivity contribution in [1.29, 1.82) is 0 Å². The lowest BCUT2D eigenvalue weighted by Gasteiger charge is -2.17. The van der Waals surface area contributed by atoms with Crippen LogP contribution in [0.2, 0.25) is 0 Å². The summed E-state index contributed by atoms with van der Waals surface area (Å²) in [7, 11) is 0. The quantitative estimate of drug-likeness (QED) is 0.641. The highest BCUT2D eigenvalue weighted by Gasteiger charge is 2.40. The molecular weight excluding hydrogens is 253 g/mol. The average Bonchev–Trinajstić information content (AvgIpc) is 3.18. The molecule has 3 unspecified atom stereocenters. The third kappa shape index (κ3) is 3.71. The van der Waals surface area contributed by atoms with E-state index in [2.05, 4.69) is 29.5 Å². The summed E-state index contributed by atoms with van der Waals surface area (Å²) in [4.78, 5) is 4.44. The molecule has 0 aromatic heterocycles. The molecule has 1 aliphatic carbocycles. The standard InChI is InChI=1S/C16H24FN3/c1-4-11(3)19-16(18-5-2)20-15-10-13(15)12-8-6-7-9-14(12)17/h6-9,11,13,15H,4-5,10H2,1-3H3,(H2,18,19,20). The molecule has 1 aromatic carbocycles. The maximum atomic E-state index is 13.7. The molecule has 1 saturated carbocycles. The largest absolute Gasteiger partial charge is 0.354 e. The van der Waals surface area contributed by atoms with Crippen LogP contribution < -0.4 is 10.6 Å². The normalized spacial score (nSPS) is 23.3. The highest BCUT2D eigenvalue weighted by molar-refractivity contribution is 5.81. The van der Waals surface area contributed by atoms with Crippen LogP contribution in [0.25, 0.3) is 0 Å². The van der Waals surface area contributed by atoms with E-state index >= 15 is 0 Å². The number of aliphatic imine (C=N–C) groups is 1. The van der Waals surface area contributed by atoms with Gasteiger partial charge in [-0.15, -0.1) is 0 Å². The number of nitrogens with zero attached hydrogens (tertiary/aromatic N) is 1. The molecule has 0 aliphatic heterocycles. The first-order chi connectivity index (χ1) is 9.65. The molecule has 0 amide bonds. The summed E-state index contributed by atoms with van der Waals surface area (Å²) < 4.78 is 13.7. The van der Waals surface area contributed by atoms with Crippen LogP contribution in [0, 0.1) is 5.82 Å². The second-order valence-electron chi connectivity index (χ2n) is 5.39. The minimum Gasteiger partial charge on any atom is -0.354 e. The summed E-state index contributed by atoms with van der Waals surface area (Å²) in [5, 5.41) is 6.78. The van der Waals surface area contributed by atoms with Gasteiger partial charge in [0.2, 0.25) is 0 Å². The molecule has 1 aliphatic rings. The van der Waals surface area contributed by atoms with Gasteiger partial charge < -0.3 is 10.6 Å². The Morgan fingerprint density at radius 2 is 2.15 bits per heavy atom. The zero-order chi connectivity index (χ0) is 14.5. The van der Waals surface area contributed by atoms with Gasteiger partial charge in [0.1, 0.15) is 5.82 Å². The maximum absolute atomic E-state index is 13.7. The maximum Gasteiger partial charge on any atom is 0.191 e. The van der Waals surface area contributed by atoms with Crippen molar-refractivity contribution in [3.05, 3.63) is 35.6 Å². The molecule has 2 N–H and O–H groups in total. The van der Waals surface area contributed by atoms with Gasteiger partial charge in [-0.3, -0.25) is 4.99 Å². The van der Waals surface area contributed by atoms with Crippen molar-refractivity contribution in [2.24, 2.45) is 4.99 Å². The molecule has 2 rings (SSSR count). The monoisotopic (exact) mass is 277 g/mol. The highest BCUT2D eigenvalue weighted by atomic mass is 19.1. The first-order valence-electron chi connectivity index (χ1n) is 7.47. The lowest BCUT2D eigenvalue weighted by molar-refractivity contribution is 0.604. The zero-order valence-electron chi connectivity index (χ0n) is 12.5. The van der Waals surface area contributed by atoms with Gasteiger partial charge in [-0.05, 0) is 38.3 Å². The van der Waals surface area contributed by atoms with Gasteiger partial charge in [-0.25, -0.2) is 4.39 Å². The van der Waals surface area contributed by atoms with Crippen molar-refractivity contribution >= 4 is 5.96 Å². The van der Waals surface area contributed by atoms with E-state index in [1.54, 1.807) is 6.07 Å². The van der Waals surface area contributed by atoms with E-state index in [0.717, 1.165) is 30.9 Å². The van der Waals surface area contributed by atoms with Crippen LogP contribution in [-0.4, -0.2) is 24.6 Å². The summed E-state index contributed by atoms with van der Waals surface area (Å²) in [6, 6.07) is 7.71. The van der Waals surface area contributed by atoms with Crippen molar-refractivity contribution in [2.75, 3.05) is 6.54 Å². The minimum atomic E-state index is -0.106. The van der Waals surface area contributed by atoms with Gasteiger partial charge in [0, 0.05) is 24.5 Å². The van der Waals surface area contributed by atoms with Crippen molar-refractivity contribution in [3.63, 3.8) is 0 Å². The predicted molar refractivity (Wildman–Crippen MR) is 81.5 cm³/mol. The molecule has 4 heteroatoms. The first-order valence-corrected chi connectivity index (χ1v) is 7.47. The topological polar surface area (TPSA) is 36.4 Å². The fourth-order valence-electron chi connectivity index (χ4n) is 2.28. The van der Waals surface area contributed by atoms with Crippen LogP contribution in [0.5, 0.6) is 0 Å². The molecule has 3 nitrogen and oxygen atoms in total. The lowest BCUT2D eigenvalue weighted by Crippen LogP contribution is -2.43. The Morgan fingerprint density at radius 1 is 1.40 bits per heavy atom. The van der Waals surface area contributed by atoms with E-state index in [1.165, 1.54) is 6.07 Å². The van der Waals surface area contributed by atoms with Gasteiger partial charge in [0.25, 0.3) is 0 Å². The number of guanidine groups is 1. The Bertz CT molecular complexity index is 473. The molecule has 110 valence electrons. The van der Waals surface area contributed by atoms with Crippen molar-refractivity contribution < 1.29 is 4.39 Å². The van der Waals surface area contributed by atoms with Crippen LogP contribution in [0.4, 0.5) is 4.39 Å². The van der Waals surface area contributed by atoms with Gasteiger partial charge in [0.05, 0.1) is 0 Å². The van der Waals surface area contributed by atoms with Crippen molar-refractivity contribution in [3.8, 4) is 0 Å². The second-order valence-corrected chi connectivity index (χ2v) is 5.39. The fourth-order valence-corrected chi connectivity index (χ4v) is 2.28. The molecule has 1 aromatic rings. The summed E-state index contributed by atoms with van der Waals surface area (Å²) in [5.41, 5.74) is 0.810. The molecule has 0 saturated heterocycles. The van der Waals surface area contributed by atoms with E-state index in [4.69, 9.17) is 0 Å². The van der Waals surface area contributed by atoms with Gasteiger partial charge in [-0.1, -0.05) is 25.1 Å². The smallest absolute Gasteiger partial charge is 0.191 e. The molecule has 0 spiro atoms. The molecular formula is C16H24FN3. The molecule has 3 atom stereocenters. The van der Waals surface area contributed by atoms with E-state index in [-0.39, 0.29) is 17.8 Å². The van der Waals surface area contributed by atoms with Crippen molar-refractivity contribution in [2.45, 2.75) is 51.6 Å². The van der Waals surface area contributed by atoms with Crippen LogP contribution >= 0.6 is 0 Å². The number of nitrogens with one attached hydrogen (secondary N) is 2. The van der Waals surface area contributed by atoms with Crippen molar-refractivity contribution in [1.82, 2.24) is 10.6 Å². The molecule has 0 radical (unpaired) electrons. The SMILES string of the molecule is CCN=C(NC(C)CC)NC1CC1c1ccccc1F. The molecule has 1 fully saturated rings. The Kier molecular flexibility index (Phi) is 4.99. The number of halogens is 1. The Morgan fingerprint density at radius 3 is 2.80 bits per heavy atom. The van der Waals surface area contributed by atoms with E-state index in [0.29, 0.717) is 6.04 Å². The third-order valence-corrected chi connectivity index (χ3v) is 3.73. The van der Waals surface area contributed by atoms with E-state index < -0.39 is 0 Å². The Hall–Kier alpha value is -1.58. The molecule has 0 heterocycles. The minimum absolute atomic E-state index is 0.106. The summed E-state index contributed by atoms with van der Waals surface area (Å²) in [5.74, 6) is 0.994. The first kappa shape index (κ1) is 14.8. The Balaban J connectivity index is 1.94. The lowest BCUT2D eigenvalue weighted by atomic mass is 10.1. The number of hydrogen-bond donors (Lipinski definition) is 2. The average molecular weight is 277 g/mol. The van der Waals surface area contributed by atoms with Crippen LogP contribution in [0.1, 0.15) is 45.1 Å². The number of benzene rings is 1. The summed E-state index contributed by atoms with van der Waals surface area (Å²) in [6.45, 7) is 7.03. The Labute approximate surface area is 120 Å². The van der Waals surface area contributed by atoms with Crippen LogP contribution in [-0.2, 0) is 0 Å². The fraction of sp³-hybridized carbons (Fsp3) is 0.562. The number of hydrogen-bond acceptors (Lipinski definition) is 1. The predicted octanol–water partition coefficient (Wildman–Crippen LogP) is 3.04. The second kappa shape index (κ2) is 6.73. The van der Waals surface area contributed by atoms with Crippen LogP contribution in [0.3, 0.4) is 0 Å². The zero-order valence-corrected chi connectivity index (χ0v) is 12.5. The molecule has 0 bridgehead atoms. The summed E-state index contributed by atoms with van der Waals surface area (Å²) in [6.07, 6.45) is 2.01. The number of rotatable bonds is 5. The summed E-state index contributed by atoms with van der Waals surface area (Å²) >= 11 is 0.